The highest BCUT2D eigenvalue weighted by atomic mass is 32.1. The molecule has 1 aromatic rings. The molecule has 0 amide bonds. The maximum atomic E-state index is 5.07. The van der Waals surface area contributed by atoms with Crippen LogP contribution < -0.4 is 10.6 Å². The molecule has 0 aliphatic heterocycles. The molecule has 4 nitrogen and oxygen atoms in total. The van der Waals surface area contributed by atoms with Gasteiger partial charge in [-0.2, -0.15) is 0 Å². The highest BCUT2D eigenvalue weighted by molar-refractivity contribution is 7.80. The minimum absolute atomic E-state index is 0.729. The van der Waals surface area contributed by atoms with Crippen molar-refractivity contribution in [1.82, 2.24) is 20.2 Å². The van der Waals surface area contributed by atoms with Crippen molar-refractivity contribution < 1.29 is 0 Å². The molecule has 0 aliphatic carbocycles. The minimum Gasteiger partial charge on any atom is -0.363 e. The quantitative estimate of drug-likeness (QED) is 0.707. The lowest BCUT2D eigenvalue weighted by Gasteiger charge is -2.09. The van der Waals surface area contributed by atoms with Gasteiger partial charge in [-0.1, -0.05) is 6.92 Å². The topological polar surface area (TPSA) is 41.9 Å². The summed E-state index contributed by atoms with van der Waals surface area (Å²) in [6.45, 7) is 4.75. The van der Waals surface area contributed by atoms with Gasteiger partial charge >= 0.3 is 0 Å². The largest absolute Gasteiger partial charge is 0.363 e. The van der Waals surface area contributed by atoms with Gasteiger partial charge in [0.25, 0.3) is 0 Å². The Morgan fingerprint density at radius 1 is 1.43 bits per heavy atom. The first-order chi connectivity index (χ1) is 6.83. The molecule has 0 atom stereocenters. The monoisotopic (exact) mass is 212 g/mol. The normalized spacial score (nSPS) is 9.79. The number of imidazole rings is 1. The Labute approximate surface area is 89.7 Å². The summed E-state index contributed by atoms with van der Waals surface area (Å²) in [6.07, 6.45) is 6.59. The van der Waals surface area contributed by atoms with Crippen LogP contribution in [-0.4, -0.2) is 27.8 Å². The molecule has 0 saturated heterocycles. The third-order valence-electron chi connectivity index (χ3n) is 1.75. The fourth-order valence-electron chi connectivity index (χ4n) is 1.02. The molecule has 78 valence electrons. The molecule has 0 saturated carbocycles. The molecule has 1 rings (SSSR count). The first-order valence-corrected chi connectivity index (χ1v) is 5.21. The standard InChI is InChI=1S/C9H16N4S/c1-2-3-11-9(14)12-5-7-13-6-4-10-8-13/h4,6,8H,2-3,5,7H2,1H3,(H2,11,12,14). The summed E-state index contributed by atoms with van der Waals surface area (Å²) in [5.74, 6) is 0. The molecule has 0 bridgehead atoms. The van der Waals surface area contributed by atoms with Crippen LogP contribution in [0.3, 0.4) is 0 Å². The van der Waals surface area contributed by atoms with E-state index in [-0.39, 0.29) is 0 Å². The second-order valence-electron chi connectivity index (χ2n) is 2.98. The van der Waals surface area contributed by atoms with Gasteiger partial charge in [-0.15, -0.1) is 0 Å². The summed E-state index contributed by atoms with van der Waals surface area (Å²) in [5, 5.41) is 6.96. The van der Waals surface area contributed by atoms with Crippen LogP contribution >= 0.6 is 12.2 Å². The van der Waals surface area contributed by atoms with Crippen LogP contribution in [0.2, 0.25) is 0 Å². The van der Waals surface area contributed by atoms with Crippen molar-refractivity contribution in [3.8, 4) is 0 Å². The minimum atomic E-state index is 0.729. The summed E-state index contributed by atoms with van der Waals surface area (Å²) >= 11 is 5.07. The van der Waals surface area contributed by atoms with E-state index in [0.29, 0.717) is 0 Å². The van der Waals surface area contributed by atoms with Crippen molar-refractivity contribution in [3.05, 3.63) is 18.7 Å². The first-order valence-electron chi connectivity index (χ1n) is 4.80. The summed E-state index contributed by atoms with van der Waals surface area (Å²) < 4.78 is 2.01. The zero-order valence-corrected chi connectivity index (χ0v) is 9.18. The van der Waals surface area contributed by atoms with Crippen LogP contribution in [0.5, 0.6) is 0 Å². The van der Waals surface area contributed by atoms with Crippen LogP contribution in [0, 0.1) is 0 Å². The Hall–Kier alpha value is -1.10. The molecule has 2 N–H and O–H groups in total. The van der Waals surface area contributed by atoms with Crippen LogP contribution in [-0.2, 0) is 6.54 Å². The number of hydrogen-bond acceptors (Lipinski definition) is 2. The van der Waals surface area contributed by atoms with Crippen molar-refractivity contribution >= 4 is 17.3 Å². The van der Waals surface area contributed by atoms with Gasteiger partial charge in [0.05, 0.1) is 6.33 Å². The number of thiocarbonyl (C=S) groups is 1. The molecule has 0 aromatic carbocycles. The van der Waals surface area contributed by atoms with E-state index in [1.807, 2.05) is 10.8 Å². The van der Waals surface area contributed by atoms with E-state index < -0.39 is 0 Å². The Balaban J connectivity index is 2.06. The fraction of sp³-hybridized carbons (Fsp3) is 0.556. The van der Waals surface area contributed by atoms with Crippen molar-refractivity contribution in [2.24, 2.45) is 0 Å². The maximum absolute atomic E-state index is 5.07. The van der Waals surface area contributed by atoms with Crippen LogP contribution in [0.4, 0.5) is 0 Å². The average molecular weight is 212 g/mol. The van der Waals surface area contributed by atoms with Gasteiger partial charge in [-0.3, -0.25) is 0 Å². The molecule has 5 heteroatoms. The van der Waals surface area contributed by atoms with E-state index in [4.69, 9.17) is 12.2 Å². The molecule has 0 spiro atoms. The van der Waals surface area contributed by atoms with Crippen LogP contribution in [0.1, 0.15) is 13.3 Å². The van der Waals surface area contributed by atoms with E-state index in [1.165, 1.54) is 0 Å². The third kappa shape index (κ3) is 4.23. The van der Waals surface area contributed by atoms with E-state index in [0.717, 1.165) is 31.2 Å². The summed E-state index contributed by atoms with van der Waals surface area (Å²) in [4.78, 5) is 3.96. The fourth-order valence-corrected chi connectivity index (χ4v) is 1.22. The smallest absolute Gasteiger partial charge is 0.166 e. The lowest BCUT2D eigenvalue weighted by atomic mass is 10.5. The highest BCUT2D eigenvalue weighted by Crippen LogP contribution is 1.83. The molecular formula is C9H16N4S. The number of rotatable bonds is 5. The predicted octanol–water partition coefficient (Wildman–Crippen LogP) is 0.757. The van der Waals surface area contributed by atoms with Crippen molar-refractivity contribution in [3.63, 3.8) is 0 Å². The first kappa shape index (κ1) is 11.0. The average Bonchev–Trinajstić information content (AvgIpc) is 2.67. The molecular weight excluding hydrogens is 196 g/mol. The number of nitrogens with zero attached hydrogens (tertiary/aromatic N) is 2. The van der Waals surface area contributed by atoms with Crippen molar-refractivity contribution in [2.75, 3.05) is 13.1 Å². The van der Waals surface area contributed by atoms with Gasteiger partial charge in [-0.25, -0.2) is 4.98 Å². The predicted molar refractivity (Wildman–Crippen MR) is 61.1 cm³/mol. The third-order valence-corrected chi connectivity index (χ3v) is 2.04. The lowest BCUT2D eigenvalue weighted by molar-refractivity contribution is 0.666. The summed E-state index contributed by atoms with van der Waals surface area (Å²) in [6, 6.07) is 0. The van der Waals surface area contributed by atoms with E-state index >= 15 is 0 Å². The number of nitrogens with one attached hydrogen (secondary N) is 2. The van der Waals surface area contributed by atoms with Gasteiger partial charge in [0.2, 0.25) is 0 Å². The molecule has 0 radical (unpaired) electrons. The lowest BCUT2D eigenvalue weighted by Crippen LogP contribution is -2.37. The van der Waals surface area contributed by atoms with Gasteiger partial charge in [0.1, 0.15) is 0 Å². The van der Waals surface area contributed by atoms with Gasteiger partial charge < -0.3 is 15.2 Å². The SMILES string of the molecule is CCCNC(=S)NCCn1ccnc1. The number of aromatic nitrogens is 2. The Morgan fingerprint density at radius 2 is 2.21 bits per heavy atom. The van der Waals surface area contributed by atoms with E-state index in [1.54, 1.807) is 12.5 Å². The molecule has 1 heterocycles. The Bertz CT molecular complexity index is 258. The van der Waals surface area contributed by atoms with Crippen molar-refractivity contribution in [2.45, 2.75) is 19.9 Å². The number of hydrogen-bond donors (Lipinski definition) is 2. The molecule has 14 heavy (non-hydrogen) atoms. The molecule has 0 unspecified atom stereocenters. The van der Waals surface area contributed by atoms with Crippen LogP contribution in [0.15, 0.2) is 18.7 Å². The van der Waals surface area contributed by atoms with Gasteiger partial charge in [0.15, 0.2) is 5.11 Å². The van der Waals surface area contributed by atoms with Gasteiger partial charge in [0, 0.05) is 32.0 Å². The molecule has 0 aliphatic rings. The van der Waals surface area contributed by atoms with E-state index in [9.17, 15) is 0 Å². The van der Waals surface area contributed by atoms with Gasteiger partial charge in [-0.05, 0) is 18.6 Å². The maximum Gasteiger partial charge on any atom is 0.166 e. The highest BCUT2D eigenvalue weighted by Gasteiger charge is 1.93. The summed E-state index contributed by atoms with van der Waals surface area (Å²) in [7, 11) is 0. The van der Waals surface area contributed by atoms with Crippen LogP contribution in [0.25, 0.3) is 0 Å². The summed E-state index contributed by atoms with van der Waals surface area (Å²) in [5.41, 5.74) is 0. The molecule has 1 aromatic heterocycles. The second-order valence-corrected chi connectivity index (χ2v) is 3.39. The zero-order chi connectivity index (χ0) is 10.2. The zero-order valence-electron chi connectivity index (χ0n) is 8.36. The van der Waals surface area contributed by atoms with E-state index in [2.05, 4.69) is 22.5 Å². The molecule has 0 fully saturated rings. The Morgan fingerprint density at radius 3 is 2.86 bits per heavy atom. The Kier molecular flexibility index (Phi) is 4.99. The van der Waals surface area contributed by atoms with Crippen molar-refractivity contribution in [1.29, 1.82) is 0 Å². The second kappa shape index (κ2) is 6.37.